The van der Waals surface area contributed by atoms with Gasteiger partial charge in [-0.2, -0.15) is 0 Å². The molecule has 1 saturated heterocycles. The highest BCUT2D eigenvalue weighted by molar-refractivity contribution is 5.90. The van der Waals surface area contributed by atoms with Crippen LogP contribution < -0.4 is 5.32 Å². The molecule has 0 aromatic heterocycles. The second-order valence-corrected chi connectivity index (χ2v) is 5.22. The lowest BCUT2D eigenvalue weighted by Gasteiger charge is -2.33. The largest absolute Gasteiger partial charge is 0.322 e. The molecule has 18 heavy (non-hydrogen) atoms. The Hall–Kier alpha value is -1.51. The molecule has 0 spiro atoms. The molecule has 2 amide bonds. The molecule has 1 aliphatic rings. The summed E-state index contributed by atoms with van der Waals surface area (Å²) in [6.45, 7) is 7.11. The van der Waals surface area contributed by atoms with E-state index in [2.05, 4.69) is 25.2 Å². The van der Waals surface area contributed by atoms with Crippen molar-refractivity contribution in [1.29, 1.82) is 0 Å². The molecule has 1 unspecified atom stereocenters. The van der Waals surface area contributed by atoms with E-state index in [1.54, 1.807) is 0 Å². The maximum atomic E-state index is 12.3. The van der Waals surface area contributed by atoms with Gasteiger partial charge in [0.05, 0.1) is 0 Å². The fourth-order valence-corrected chi connectivity index (χ4v) is 2.47. The van der Waals surface area contributed by atoms with Crippen LogP contribution in [0.4, 0.5) is 10.5 Å². The summed E-state index contributed by atoms with van der Waals surface area (Å²) in [5, 5.41) is 3.04. The third-order valence-corrected chi connectivity index (χ3v) is 3.91. The number of rotatable bonds is 1. The van der Waals surface area contributed by atoms with Crippen LogP contribution in [0.5, 0.6) is 0 Å². The maximum absolute atomic E-state index is 12.3. The molecule has 1 N–H and O–H groups in total. The van der Waals surface area contributed by atoms with Crippen LogP contribution in [-0.2, 0) is 0 Å². The third-order valence-electron chi connectivity index (χ3n) is 3.91. The molecule has 1 aromatic rings. The van der Waals surface area contributed by atoms with Gasteiger partial charge in [0.1, 0.15) is 0 Å². The van der Waals surface area contributed by atoms with Crippen LogP contribution in [0.3, 0.4) is 0 Å². The zero-order chi connectivity index (χ0) is 13.1. The van der Waals surface area contributed by atoms with Crippen LogP contribution in [0.1, 0.15) is 37.3 Å². The van der Waals surface area contributed by atoms with E-state index < -0.39 is 0 Å². The molecule has 1 aromatic carbocycles. The molecule has 2 rings (SSSR count). The quantitative estimate of drug-likeness (QED) is 0.805. The molecule has 1 atom stereocenters. The molecule has 0 saturated carbocycles. The number of carbonyl (C=O) groups excluding carboxylic acids is 1. The lowest BCUT2D eigenvalue weighted by atomic mass is 10.0. The average Bonchev–Trinajstić information content (AvgIpc) is 2.35. The predicted octanol–water partition coefficient (Wildman–Crippen LogP) is 3.71. The minimum Gasteiger partial charge on any atom is -0.322 e. The number of benzene rings is 1. The Morgan fingerprint density at radius 2 is 2.11 bits per heavy atom. The summed E-state index contributed by atoms with van der Waals surface area (Å²) in [7, 11) is 0. The summed E-state index contributed by atoms with van der Waals surface area (Å²) in [5.74, 6) is 0. The highest BCUT2D eigenvalue weighted by Crippen LogP contribution is 2.21. The number of anilines is 1. The fourth-order valence-electron chi connectivity index (χ4n) is 2.47. The summed E-state index contributed by atoms with van der Waals surface area (Å²) in [5.41, 5.74) is 3.28. The first-order valence-corrected chi connectivity index (χ1v) is 6.73. The predicted molar refractivity (Wildman–Crippen MR) is 75.0 cm³/mol. The molecule has 3 heteroatoms. The third kappa shape index (κ3) is 2.66. The van der Waals surface area contributed by atoms with Crippen LogP contribution in [0.25, 0.3) is 0 Å². The molecule has 1 heterocycles. The minimum absolute atomic E-state index is 0.0379. The van der Waals surface area contributed by atoms with Crippen molar-refractivity contribution < 1.29 is 4.79 Å². The van der Waals surface area contributed by atoms with Gasteiger partial charge >= 0.3 is 6.03 Å². The van der Waals surface area contributed by atoms with Crippen molar-refractivity contribution in [1.82, 2.24) is 4.90 Å². The van der Waals surface area contributed by atoms with Crippen LogP contribution >= 0.6 is 0 Å². The lowest BCUT2D eigenvalue weighted by molar-refractivity contribution is 0.170. The van der Waals surface area contributed by atoms with Crippen LogP contribution in [0.15, 0.2) is 18.2 Å². The number of likely N-dealkylation sites (tertiary alicyclic amines) is 1. The maximum Gasteiger partial charge on any atom is 0.322 e. The number of amides is 2. The number of hydrogen-bond acceptors (Lipinski definition) is 1. The summed E-state index contributed by atoms with van der Waals surface area (Å²) in [6, 6.07) is 6.40. The number of nitrogens with zero attached hydrogens (tertiary/aromatic N) is 1. The topological polar surface area (TPSA) is 32.3 Å². The van der Waals surface area contributed by atoms with Crippen molar-refractivity contribution in [2.75, 3.05) is 11.9 Å². The second kappa shape index (κ2) is 5.42. The van der Waals surface area contributed by atoms with Gasteiger partial charge in [-0.3, -0.25) is 0 Å². The molecular formula is C15H22N2O. The number of carbonyl (C=O) groups is 1. The lowest BCUT2D eigenvalue weighted by Crippen LogP contribution is -2.44. The van der Waals surface area contributed by atoms with Crippen molar-refractivity contribution in [2.24, 2.45) is 0 Å². The summed E-state index contributed by atoms with van der Waals surface area (Å²) < 4.78 is 0. The van der Waals surface area contributed by atoms with E-state index in [1.165, 1.54) is 12.0 Å². The molecule has 1 aliphatic heterocycles. The van der Waals surface area contributed by atoms with Gasteiger partial charge < -0.3 is 10.2 Å². The molecule has 1 fully saturated rings. The monoisotopic (exact) mass is 246 g/mol. The van der Waals surface area contributed by atoms with Crippen molar-refractivity contribution >= 4 is 11.7 Å². The molecule has 98 valence electrons. The van der Waals surface area contributed by atoms with E-state index in [-0.39, 0.29) is 6.03 Å². The van der Waals surface area contributed by atoms with Crippen molar-refractivity contribution in [3.63, 3.8) is 0 Å². The normalized spacial score (nSPS) is 19.7. The highest BCUT2D eigenvalue weighted by Gasteiger charge is 2.23. The standard InChI is InChI=1S/C15H22N2O/c1-11-7-6-9-14(13(11)3)16-15(18)17-10-5-4-8-12(17)2/h6-7,9,12H,4-5,8,10H2,1-3H3,(H,16,18). The smallest absolute Gasteiger partial charge is 0.322 e. The summed E-state index contributed by atoms with van der Waals surface area (Å²) in [6.07, 6.45) is 3.46. The zero-order valence-corrected chi connectivity index (χ0v) is 11.5. The van der Waals surface area contributed by atoms with E-state index >= 15 is 0 Å². The van der Waals surface area contributed by atoms with E-state index in [9.17, 15) is 4.79 Å². The Kier molecular flexibility index (Phi) is 3.90. The van der Waals surface area contributed by atoms with Gasteiger partial charge in [-0.15, -0.1) is 0 Å². The molecule has 0 radical (unpaired) electrons. The second-order valence-electron chi connectivity index (χ2n) is 5.22. The number of nitrogens with one attached hydrogen (secondary N) is 1. The van der Waals surface area contributed by atoms with Gasteiger partial charge in [0.15, 0.2) is 0 Å². The number of urea groups is 1. The van der Waals surface area contributed by atoms with Gasteiger partial charge in [-0.25, -0.2) is 4.79 Å². The van der Waals surface area contributed by atoms with Gasteiger partial charge in [0.25, 0.3) is 0 Å². The van der Waals surface area contributed by atoms with Gasteiger partial charge in [-0.05, 0) is 57.2 Å². The number of piperidine rings is 1. The first kappa shape index (κ1) is 12.9. The summed E-state index contributed by atoms with van der Waals surface area (Å²) in [4.78, 5) is 14.2. The van der Waals surface area contributed by atoms with Gasteiger partial charge in [-0.1, -0.05) is 12.1 Å². The molecular weight excluding hydrogens is 224 g/mol. The summed E-state index contributed by atoms with van der Waals surface area (Å²) >= 11 is 0. The van der Waals surface area contributed by atoms with E-state index in [0.29, 0.717) is 6.04 Å². The van der Waals surface area contributed by atoms with Crippen LogP contribution in [0, 0.1) is 13.8 Å². The van der Waals surface area contributed by atoms with Gasteiger partial charge in [0.2, 0.25) is 0 Å². The van der Waals surface area contributed by atoms with Crippen molar-refractivity contribution in [3.05, 3.63) is 29.3 Å². The SMILES string of the molecule is Cc1cccc(NC(=O)N2CCCCC2C)c1C. The van der Waals surface area contributed by atoms with Gasteiger partial charge in [0, 0.05) is 18.3 Å². The Bertz CT molecular complexity index is 442. The van der Waals surface area contributed by atoms with Crippen LogP contribution in [-0.4, -0.2) is 23.5 Å². The van der Waals surface area contributed by atoms with E-state index in [1.807, 2.05) is 24.0 Å². The molecule has 3 nitrogen and oxygen atoms in total. The Labute approximate surface area is 109 Å². The van der Waals surface area contributed by atoms with E-state index in [0.717, 1.165) is 30.6 Å². The minimum atomic E-state index is 0.0379. The number of hydrogen-bond donors (Lipinski definition) is 1. The first-order valence-electron chi connectivity index (χ1n) is 6.73. The molecule has 0 bridgehead atoms. The van der Waals surface area contributed by atoms with E-state index in [4.69, 9.17) is 0 Å². The Morgan fingerprint density at radius 1 is 1.33 bits per heavy atom. The van der Waals surface area contributed by atoms with Crippen molar-refractivity contribution in [3.8, 4) is 0 Å². The molecule has 0 aliphatic carbocycles. The first-order chi connectivity index (χ1) is 8.59. The number of aryl methyl sites for hydroxylation is 1. The van der Waals surface area contributed by atoms with Crippen molar-refractivity contribution in [2.45, 2.75) is 46.1 Å². The van der Waals surface area contributed by atoms with Crippen LogP contribution in [0.2, 0.25) is 0 Å². The highest BCUT2D eigenvalue weighted by atomic mass is 16.2. The fraction of sp³-hybridized carbons (Fsp3) is 0.533. The Morgan fingerprint density at radius 3 is 2.83 bits per heavy atom. The Balaban J connectivity index is 2.09. The average molecular weight is 246 g/mol. The zero-order valence-electron chi connectivity index (χ0n) is 11.5.